The maximum Gasteiger partial charge on any atom is 0.0992 e. The van der Waals surface area contributed by atoms with Crippen molar-refractivity contribution in [1.82, 2.24) is 4.98 Å². The Labute approximate surface area is 149 Å². The SMILES string of the molecule is CC1CC=c2c(Cl)cncc2=CN1c1c(Cl)cc(C#N)cc1Cl. The van der Waals surface area contributed by atoms with Gasteiger partial charge in [0.15, 0.2) is 0 Å². The fourth-order valence-corrected chi connectivity index (χ4v) is 3.54. The minimum Gasteiger partial charge on any atom is -0.342 e. The second-order valence-electron chi connectivity index (χ2n) is 5.35. The lowest BCUT2D eigenvalue weighted by molar-refractivity contribution is 0.757. The van der Waals surface area contributed by atoms with E-state index in [1.54, 1.807) is 24.5 Å². The van der Waals surface area contributed by atoms with Crippen molar-refractivity contribution in [3.63, 3.8) is 0 Å². The fourth-order valence-electron chi connectivity index (χ4n) is 2.62. The van der Waals surface area contributed by atoms with Crippen LogP contribution in [0.2, 0.25) is 15.1 Å². The van der Waals surface area contributed by atoms with Gasteiger partial charge >= 0.3 is 0 Å². The van der Waals surface area contributed by atoms with Crippen LogP contribution in [0.25, 0.3) is 12.3 Å². The third-order valence-corrected chi connectivity index (χ3v) is 4.67. The summed E-state index contributed by atoms with van der Waals surface area (Å²) in [6.07, 6.45) is 8.20. The molecule has 0 saturated heterocycles. The molecule has 1 aromatic carbocycles. The van der Waals surface area contributed by atoms with E-state index in [2.05, 4.69) is 24.1 Å². The van der Waals surface area contributed by atoms with Crippen LogP contribution in [0, 0.1) is 11.3 Å². The van der Waals surface area contributed by atoms with Crippen molar-refractivity contribution in [2.45, 2.75) is 19.4 Å². The summed E-state index contributed by atoms with van der Waals surface area (Å²) in [5.41, 5.74) is 1.11. The molecule has 3 nitrogen and oxygen atoms in total. The van der Waals surface area contributed by atoms with E-state index >= 15 is 0 Å². The number of hydrogen-bond donors (Lipinski definition) is 0. The monoisotopic (exact) mass is 363 g/mol. The van der Waals surface area contributed by atoms with Gasteiger partial charge in [0, 0.05) is 35.1 Å². The summed E-state index contributed by atoms with van der Waals surface area (Å²) >= 11 is 19.0. The maximum atomic E-state index is 9.03. The molecule has 3 rings (SSSR count). The van der Waals surface area contributed by atoms with Crippen molar-refractivity contribution < 1.29 is 0 Å². The molecule has 0 fully saturated rings. The van der Waals surface area contributed by atoms with Crippen LogP contribution in [-0.2, 0) is 0 Å². The summed E-state index contributed by atoms with van der Waals surface area (Å²) in [6.45, 7) is 2.07. The van der Waals surface area contributed by atoms with E-state index in [0.29, 0.717) is 26.3 Å². The van der Waals surface area contributed by atoms with Gasteiger partial charge in [0.05, 0.1) is 32.4 Å². The molecule has 1 aromatic heterocycles. The van der Waals surface area contributed by atoms with Gasteiger partial charge in [-0.15, -0.1) is 0 Å². The van der Waals surface area contributed by atoms with Gasteiger partial charge in [-0.2, -0.15) is 5.26 Å². The van der Waals surface area contributed by atoms with Gasteiger partial charge < -0.3 is 4.90 Å². The third-order valence-electron chi connectivity index (χ3n) is 3.79. The number of nitrogens with zero attached hydrogens (tertiary/aromatic N) is 3. The topological polar surface area (TPSA) is 39.9 Å². The summed E-state index contributed by atoms with van der Waals surface area (Å²) in [4.78, 5) is 6.15. The van der Waals surface area contributed by atoms with Gasteiger partial charge in [-0.1, -0.05) is 40.9 Å². The van der Waals surface area contributed by atoms with Crippen molar-refractivity contribution in [2.24, 2.45) is 0 Å². The van der Waals surface area contributed by atoms with Crippen molar-refractivity contribution in [3.8, 4) is 6.07 Å². The molecular formula is C17H12Cl3N3. The second kappa shape index (κ2) is 6.41. The average molecular weight is 365 g/mol. The lowest BCUT2D eigenvalue weighted by Crippen LogP contribution is -2.31. The molecule has 0 aliphatic carbocycles. The van der Waals surface area contributed by atoms with Crippen LogP contribution in [0.4, 0.5) is 5.69 Å². The molecule has 0 saturated carbocycles. The third kappa shape index (κ3) is 3.03. The normalized spacial score (nSPS) is 16.7. The molecular weight excluding hydrogens is 353 g/mol. The molecule has 1 unspecified atom stereocenters. The van der Waals surface area contributed by atoms with Gasteiger partial charge in [-0.05, 0) is 25.5 Å². The minimum absolute atomic E-state index is 0.126. The molecule has 1 atom stereocenters. The largest absolute Gasteiger partial charge is 0.342 e. The van der Waals surface area contributed by atoms with Crippen molar-refractivity contribution in [1.29, 1.82) is 5.26 Å². The van der Waals surface area contributed by atoms with Crippen LogP contribution < -0.4 is 15.3 Å². The number of pyridine rings is 1. The molecule has 1 aliphatic rings. The number of rotatable bonds is 1. The van der Waals surface area contributed by atoms with Crippen molar-refractivity contribution in [3.05, 3.63) is 55.6 Å². The Morgan fingerprint density at radius 3 is 2.52 bits per heavy atom. The number of fused-ring (bicyclic) bond motifs is 1. The van der Waals surface area contributed by atoms with Crippen LogP contribution in [0.1, 0.15) is 18.9 Å². The summed E-state index contributed by atoms with van der Waals surface area (Å²) in [5, 5.41) is 12.4. The maximum absolute atomic E-state index is 9.03. The van der Waals surface area contributed by atoms with Crippen LogP contribution >= 0.6 is 34.8 Å². The highest BCUT2D eigenvalue weighted by atomic mass is 35.5. The van der Waals surface area contributed by atoms with Crippen LogP contribution in [-0.4, -0.2) is 11.0 Å². The highest BCUT2D eigenvalue weighted by Crippen LogP contribution is 2.37. The number of hydrogen-bond acceptors (Lipinski definition) is 3. The first-order valence-electron chi connectivity index (χ1n) is 7.00. The van der Waals surface area contributed by atoms with Gasteiger partial charge in [0.1, 0.15) is 0 Å². The Kier molecular flexibility index (Phi) is 4.50. The Morgan fingerprint density at radius 1 is 1.17 bits per heavy atom. The Morgan fingerprint density at radius 2 is 1.87 bits per heavy atom. The number of nitriles is 1. The molecule has 1 aliphatic heterocycles. The van der Waals surface area contributed by atoms with Crippen LogP contribution in [0.5, 0.6) is 0 Å². The van der Waals surface area contributed by atoms with E-state index in [0.717, 1.165) is 16.9 Å². The molecule has 0 bridgehead atoms. The van der Waals surface area contributed by atoms with Gasteiger partial charge in [-0.25, -0.2) is 0 Å². The quantitative estimate of drug-likeness (QED) is 0.774. The fraction of sp³-hybridized carbons (Fsp3) is 0.176. The highest BCUT2D eigenvalue weighted by molar-refractivity contribution is 6.39. The zero-order valence-electron chi connectivity index (χ0n) is 12.2. The Bertz CT molecular complexity index is 908. The van der Waals surface area contributed by atoms with Gasteiger partial charge in [0.25, 0.3) is 0 Å². The first-order chi connectivity index (χ1) is 11.0. The van der Waals surface area contributed by atoms with E-state index in [4.69, 9.17) is 40.1 Å². The predicted molar refractivity (Wildman–Crippen MR) is 95.2 cm³/mol. The van der Waals surface area contributed by atoms with E-state index in [1.807, 2.05) is 11.1 Å². The molecule has 0 amide bonds. The van der Waals surface area contributed by atoms with Gasteiger partial charge in [0.2, 0.25) is 0 Å². The molecule has 0 radical (unpaired) electrons. The lowest BCUT2D eigenvalue weighted by Gasteiger charge is -2.28. The minimum atomic E-state index is 0.126. The standard InChI is InChI=1S/C17H12Cl3N3/c1-10-2-3-13-12(7-22-8-16(13)20)9-23(10)17-14(18)4-11(6-21)5-15(17)19/h3-5,7-10H,2H2,1H3. The van der Waals surface area contributed by atoms with E-state index in [-0.39, 0.29) is 6.04 Å². The molecule has 23 heavy (non-hydrogen) atoms. The summed E-state index contributed by atoms with van der Waals surface area (Å²) in [6, 6.07) is 5.42. The summed E-state index contributed by atoms with van der Waals surface area (Å²) in [7, 11) is 0. The first kappa shape index (κ1) is 16.1. The zero-order chi connectivity index (χ0) is 16.6. The van der Waals surface area contributed by atoms with Gasteiger partial charge in [-0.3, -0.25) is 4.98 Å². The second-order valence-corrected chi connectivity index (χ2v) is 6.57. The number of benzene rings is 1. The Balaban J connectivity index is 2.23. The molecule has 2 aromatic rings. The number of aromatic nitrogens is 1. The lowest BCUT2D eigenvalue weighted by atomic mass is 10.1. The first-order valence-corrected chi connectivity index (χ1v) is 8.13. The van der Waals surface area contributed by atoms with E-state index < -0.39 is 0 Å². The molecule has 6 heteroatoms. The van der Waals surface area contributed by atoms with Crippen LogP contribution in [0.15, 0.2) is 24.5 Å². The average Bonchev–Trinajstić information content (AvgIpc) is 2.67. The summed E-state index contributed by atoms with van der Waals surface area (Å²) < 4.78 is 0. The smallest absolute Gasteiger partial charge is 0.0992 e. The van der Waals surface area contributed by atoms with Crippen molar-refractivity contribution in [2.75, 3.05) is 4.90 Å². The Hall–Kier alpha value is -1.73. The van der Waals surface area contributed by atoms with Crippen molar-refractivity contribution >= 4 is 52.8 Å². The van der Waals surface area contributed by atoms with E-state index in [1.165, 1.54) is 0 Å². The molecule has 0 N–H and O–H groups in total. The predicted octanol–water partition coefficient (Wildman–Crippen LogP) is 3.73. The number of halogens is 3. The molecule has 2 heterocycles. The molecule has 116 valence electrons. The number of anilines is 1. The highest BCUT2D eigenvalue weighted by Gasteiger charge is 2.20. The zero-order valence-corrected chi connectivity index (χ0v) is 14.5. The summed E-state index contributed by atoms with van der Waals surface area (Å²) in [5.74, 6) is 0. The van der Waals surface area contributed by atoms with E-state index in [9.17, 15) is 0 Å². The molecule has 0 spiro atoms. The van der Waals surface area contributed by atoms with Crippen LogP contribution in [0.3, 0.4) is 0 Å².